The van der Waals surface area contributed by atoms with Gasteiger partial charge in [-0.15, -0.1) is 0 Å². The number of ether oxygens (including phenoxy) is 3. The summed E-state index contributed by atoms with van der Waals surface area (Å²) < 4.78 is 16.4. The first-order valence-electron chi connectivity index (χ1n) is 8.92. The maximum atomic E-state index is 12.2. The van der Waals surface area contributed by atoms with Crippen LogP contribution in [0.4, 0.5) is 5.69 Å². The van der Waals surface area contributed by atoms with Gasteiger partial charge in [0.05, 0.1) is 0 Å². The summed E-state index contributed by atoms with van der Waals surface area (Å²) in [5.74, 6) is 1.84. The fourth-order valence-corrected chi connectivity index (χ4v) is 2.78. The van der Waals surface area contributed by atoms with Crippen molar-refractivity contribution in [3.8, 4) is 17.2 Å². The number of hydrogen-bond acceptors (Lipinski definition) is 4. The average molecular weight is 373 g/mol. The molecular formula is C23H19NO4. The zero-order valence-corrected chi connectivity index (χ0v) is 15.1. The van der Waals surface area contributed by atoms with E-state index in [0.717, 1.165) is 16.9 Å². The van der Waals surface area contributed by atoms with Crippen molar-refractivity contribution in [2.45, 2.75) is 6.61 Å². The lowest BCUT2D eigenvalue weighted by molar-refractivity contribution is -0.111. The Kier molecular flexibility index (Phi) is 5.24. The van der Waals surface area contributed by atoms with Gasteiger partial charge in [0.15, 0.2) is 11.5 Å². The van der Waals surface area contributed by atoms with Crippen LogP contribution in [0, 0.1) is 0 Å². The Hall–Kier alpha value is -3.73. The molecule has 0 aromatic heterocycles. The van der Waals surface area contributed by atoms with Gasteiger partial charge in [0, 0.05) is 17.8 Å². The average Bonchev–Trinajstić information content (AvgIpc) is 3.20. The number of nitrogens with one attached hydrogen (secondary N) is 1. The van der Waals surface area contributed by atoms with Crippen LogP contribution in [0.25, 0.3) is 6.08 Å². The van der Waals surface area contributed by atoms with Gasteiger partial charge in [0.2, 0.25) is 12.7 Å². The van der Waals surface area contributed by atoms with E-state index >= 15 is 0 Å². The number of benzene rings is 3. The van der Waals surface area contributed by atoms with Crippen molar-refractivity contribution >= 4 is 17.7 Å². The zero-order chi connectivity index (χ0) is 19.2. The molecule has 0 spiro atoms. The summed E-state index contributed by atoms with van der Waals surface area (Å²) in [6.07, 6.45) is 3.23. The summed E-state index contributed by atoms with van der Waals surface area (Å²) in [6, 6.07) is 22.9. The van der Waals surface area contributed by atoms with E-state index < -0.39 is 0 Å². The number of carbonyl (C=O) groups excluding carboxylic acids is 1. The van der Waals surface area contributed by atoms with E-state index in [1.807, 2.05) is 54.6 Å². The van der Waals surface area contributed by atoms with Gasteiger partial charge in [-0.05, 0) is 41.5 Å². The first-order valence-corrected chi connectivity index (χ1v) is 8.92. The number of hydrogen-bond donors (Lipinski definition) is 1. The molecule has 4 rings (SSSR count). The standard InChI is InChI=1S/C23H19NO4/c25-23(24-19-10-11-21-22(14-19)28-16-27-21)12-9-17-7-4-8-20(13-17)26-15-18-5-2-1-3-6-18/h1-14H,15-16H2,(H,24,25)/b12-9+. The molecule has 1 heterocycles. The van der Waals surface area contributed by atoms with Gasteiger partial charge < -0.3 is 19.5 Å². The topological polar surface area (TPSA) is 56.8 Å². The maximum Gasteiger partial charge on any atom is 0.248 e. The molecule has 0 atom stereocenters. The minimum absolute atomic E-state index is 0.204. The van der Waals surface area contributed by atoms with Crippen molar-refractivity contribution in [2.75, 3.05) is 12.1 Å². The third-order valence-corrected chi connectivity index (χ3v) is 4.17. The van der Waals surface area contributed by atoms with E-state index in [4.69, 9.17) is 14.2 Å². The van der Waals surface area contributed by atoms with Crippen LogP contribution < -0.4 is 19.5 Å². The van der Waals surface area contributed by atoms with Crippen molar-refractivity contribution in [3.63, 3.8) is 0 Å². The third kappa shape index (κ3) is 4.51. The van der Waals surface area contributed by atoms with Crippen LogP contribution in [0.15, 0.2) is 78.9 Å². The highest BCUT2D eigenvalue weighted by Gasteiger charge is 2.13. The van der Waals surface area contributed by atoms with E-state index in [0.29, 0.717) is 23.8 Å². The van der Waals surface area contributed by atoms with Crippen LogP contribution in [0.2, 0.25) is 0 Å². The molecule has 0 saturated carbocycles. The van der Waals surface area contributed by atoms with Crippen molar-refractivity contribution in [1.29, 1.82) is 0 Å². The van der Waals surface area contributed by atoms with Crippen molar-refractivity contribution in [2.24, 2.45) is 0 Å². The summed E-state index contributed by atoms with van der Waals surface area (Å²) in [6.45, 7) is 0.702. The molecule has 1 amide bonds. The molecule has 0 fully saturated rings. The van der Waals surface area contributed by atoms with Crippen LogP contribution in [0.3, 0.4) is 0 Å². The fraction of sp³-hybridized carbons (Fsp3) is 0.0870. The molecule has 0 radical (unpaired) electrons. The van der Waals surface area contributed by atoms with Crippen molar-refractivity contribution in [1.82, 2.24) is 0 Å². The third-order valence-electron chi connectivity index (χ3n) is 4.17. The Morgan fingerprint density at radius 2 is 1.82 bits per heavy atom. The fourth-order valence-electron chi connectivity index (χ4n) is 2.78. The molecule has 28 heavy (non-hydrogen) atoms. The number of carbonyl (C=O) groups is 1. The molecule has 1 aliphatic rings. The highest BCUT2D eigenvalue weighted by molar-refractivity contribution is 6.02. The summed E-state index contributed by atoms with van der Waals surface area (Å²) in [4.78, 5) is 12.2. The molecule has 1 aliphatic heterocycles. The summed E-state index contributed by atoms with van der Waals surface area (Å²) >= 11 is 0. The molecule has 5 nitrogen and oxygen atoms in total. The van der Waals surface area contributed by atoms with Gasteiger partial charge in [-0.2, -0.15) is 0 Å². The van der Waals surface area contributed by atoms with Gasteiger partial charge in [-0.3, -0.25) is 4.79 Å². The summed E-state index contributed by atoms with van der Waals surface area (Å²) in [5.41, 5.74) is 2.64. The maximum absolute atomic E-state index is 12.2. The van der Waals surface area contributed by atoms with Crippen molar-refractivity contribution in [3.05, 3.63) is 90.0 Å². The van der Waals surface area contributed by atoms with Crippen LogP contribution in [-0.4, -0.2) is 12.7 Å². The molecule has 0 aliphatic carbocycles. The van der Waals surface area contributed by atoms with E-state index in [-0.39, 0.29) is 12.7 Å². The SMILES string of the molecule is O=C(/C=C/c1cccc(OCc2ccccc2)c1)Nc1ccc2c(c1)OCO2. The quantitative estimate of drug-likeness (QED) is 0.639. The van der Waals surface area contributed by atoms with E-state index in [9.17, 15) is 4.79 Å². The van der Waals surface area contributed by atoms with Crippen LogP contribution in [0.1, 0.15) is 11.1 Å². The molecule has 5 heteroatoms. The highest BCUT2D eigenvalue weighted by atomic mass is 16.7. The lowest BCUT2D eigenvalue weighted by atomic mass is 10.2. The van der Waals surface area contributed by atoms with E-state index in [2.05, 4.69) is 5.32 Å². The lowest BCUT2D eigenvalue weighted by Crippen LogP contribution is -2.07. The van der Waals surface area contributed by atoms with Crippen molar-refractivity contribution < 1.29 is 19.0 Å². The number of fused-ring (bicyclic) bond motifs is 1. The van der Waals surface area contributed by atoms with Crippen LogP contribution in [-0.2, 0) is 11.4 Å². The van der Waals surface area contributed by atoms with Gasteiger partial charge in [-0.25, -0.2) is 0 Å². The van der Waals surface area contributed by atoms with E-state index in [1.165, 1.54) is 6.08 Å². The second-order valence-electron chi connectivity index (χ2n) is 6.24. The first kappa shape index (κ1) is 17.7. The molecule has 3 aromatic carbocycles. The summed E-state index contributed by atoms with van der Waals surface area (Å²) in [5, 5.41) is 2.81. The monoisotopic (exact) mass is 373 g/mol. The number of anilines is 1. The number of rotatable bonds is 6. The molecular weight excluding hydrogens is 354 g/mol. The predicted molar refractivity (Wildman–Crippen MR) is 107 cm³/mol. The van der Waals surface area contributed by atoms with Gasteiger partial charge >= 0.3 is 0 Å². The van der Waals surface area contributed by atoms with Gasteiger partial charge in [0.25, 0.3) is 0 Å². The largest absolute Gasteiger partial charge is 0.489 e. The lowest BCUT2D eigenvalue weighted by Gasteiger charge is -2.07. The Morgan fingerprint density at radius 3 is 2.71 bits per heavy atom. The zero-order valence-electron chi connectivity index (χ0n) is 15.1. The van der Waals surface area contributed by atoms with Crippen LogP contribution in [0.5, 0.6) is 17.2 Å². The Labute approximate surface area is 163 Å². The minimum Gasteiger partial charge on any atom is -0.489 e. The van der Waals surface area contributed by atoms with Crippen LogP contribution >= 0.6 is 0 Å². The van der Waals surface area contributed by atoms with E-state index in [1.54, 1.807) is 24.3 Å². The Bertz CT molecular complexity index is 998. The molecule has 0 bridgehead atoms. The summed E-state index contributed by atoms with van der Waals surface area (Å²) in [7, 11) is 0. The smallest absolute Gasteiger partial charge is 0.248 e. The highest BCUT2D eigenvalue weighted by Crippen LogP contribution is 2.34. The predicted octanol–water partition coefficient (Wildman–Crippen LogP) is 4.65. The second-order valence-corrected chi connectivity index (χ2v) is 6.24. The Balaban J connectivity index is 1.35. The molecule has 3 aromatic rings. The minimum atomic E-state index is -0.227. The second kappa shape index (κ2) is 8.31. The normalized spacial score (nSPS) is 12.1. The first-order chi connectivity index (χ1) is 13.8. The van der Waals surface area contributed by atoms with Gasteiger partial charge in [0.1, 0.15) is 12.4 Å². The molecule has 0 saturated heterocycles. The Morgan fingerprint density at radius 1 is 0.964 bits per heavy atom. The molecule has 0 unspecified atom stereocenters. The number of amides is 1. The van der Waals surface area contributed by atoms with Gasteiger partial charge in [-0.1, -0.05) is 42.5 Å². The molecule has 1 N–H and O–H groups in total. The molecule has 140 valence electrons.